The van der Waals surface area contributed by atoms with E-state index in [1.807, 2.05) is 0 Å². The smallest absolute Gasteiger partial charge is 0.417 e. The van der Waals surface area contributed by atoms with E-state index in [1.165, 1.54) is 14.0 Å². The number of nitro benzene ring substituents is 1. The van der Waals surface area contributed by atoms with Crippen LogP contribution in [0.15, 0.2) is 36.4 Å². The molecular formula is C21H20F3NO8. The molecule has 0 N–H and O–H groups in total. The van der Waals surface area contributed by atoms with Crippen LogP contribution in [-0.2, 0) is 26.9 Å². The summed E-state index contributed by atoms with van der Waals surface area (Å²) in [5.74, 6) is -2.69. The second kappa shape index (κ2) is 10.7. The maximum absolute atomic E-state index is 13.6. The predicted octanol–water partition coefficient (Wildman–Crippen LogP) is 3.96. The van der Waals surface area contributed by atoms with Crippen molar-refractivity contribution in [2.45, 2.75) is 25.6 Å². The summed E-state index contributed by atoms with van der Waals surface area (Å²) in [5, 5.41) is 11.5. The average molecular weight is 471 g/mol. The van der Waals surface area contributed by atoms with Gasteiger partial charge in [-0.3, -0.25) is 10.1 Å². The monoisotopic (exact) mass is 471 g/mol. The predicted molar refractivity (Wildman–Crippen MR) is 107 cm³/mol. The standard InChI is InChI=1S/C21H20F3NO8/c1-4-32-20(27)18(9-12-5-7-13(30-2)8-6-12)33-17-11-15(21(22,23)24)14(19(26)31-3)10-16(17)25(28)29/h5-8,10-11,18H,4,9H2,1-3H3. The molecule has 0 saturated heterocycles. The van der Waals surface area contributed by atoms with Crippen LogP contribution in [0.25, 0.3) is 0 Å². The molecule has 2 aromatic rings. The Labute approximate surface area is 186 Å². The number of alkyl halides is 3. The number of halogens is 3. The van der Waals surface area contributed by atoms with E-state index in [0.717, 1.165) is 7.11 Å². The van der Waals surface area contributed by atoms with Gasteiger partial charge in [0.15, 0.2) is 11.9 Å². The van der Waals surface area contributed by atoms with Crippen molar-refractivity contribution >= 4 is 17.6 Å². The Bertz CT molecular complexity index is 1020. The summed E-state index contributed by atoms with van der Waals surface area (Å²) in [6, 6.07) is 7.05. The van der Waals surface area contributed by atoms with Gasteiger partial charge in [-0.2, -0.15) is 13.2 Å². The summed E-state index contributed by atoms with van der Waals surface area (Å²) < 4.78 is 60.3. The van der Waals surface area contributed by atoms with Gasteiger partial charge in [0.25, 0.3) is 0 Å². The molecule has 0 spiro atoms. The summed E-state index contributed by atoms with van der Waals surface area (Å²) in [6.45, 7) is 1.45. The van der Waals surface area contributed by atoms with Crippen LogP contribution in [0.3, 0.4) is 0 Å². The molecule has 178 valence electrons. The SMILES string of the molecule is CCOC(=O)C(Cc1ccc(OC)cc1)Oc1cc(C(F)(F)F)c(C(=O)OC)cc1[N+](=O)[O-]. The van der Waals surface area contributed by atoms with Gasteiger partial charge in [-0.25, -0.2) is 9.59 Å². The van der Waals surface area contributed by atoms with E-state index < -0.39 is 51.7 Å². The first kappa shape index (κ1) is 25.4. The number of rotatable bonds is 9. The summed E-state index contributed by atoms with van der Waals surface area (Å²) in [7, 11) is 2.29. The maximum atomic E-state index is 13.6. The Morgan fingerprint density at radius 3 is 2.24 bits per heavy atom. The number of nitrogens with zero attached hydrogens (tertiary/aromatic N) is 1. The largest absolute Gasteiger partial charge is 0.497 e. The molecule has 9 nitrogen and oxygen atoms in total. The fourth-order valence-electron chi connectivity index (χ4n) is 2.86. The molecule has 0 bridgehead atoms. The third-order valence-electron chi connectivity index (χ3n) is 4.41. The highest BCUT2D eigenvalue weighted by Gasteiger charge is 2.39. The van der Waals surface area contributed by atoms with E-state index in [9.17, 15) is 32.9 Å². The van der Waals surface area contributed by atoms with Crippen molar-refractivity contribution in [2.75, 3.05) is 20.8 Å². The number of hydrogen-bond donors (Lipinski definition) is 0. The molecule has 0 aliphatic carbocycles. The van der Waals surface area contributed by atoms with Crippen LogP contribution in [0, 0.1) is 10.1 Å². The summed E-state index contributed by atoms with van der Waals surface area (Å²) >= 11 is 0. The number of esters is 2. The van der Waals surface area contributed by atoms with Gasteiger partial charge < -0.3 is 18.9 Å². The Balaban J connectivity index is 2.55. The van der Waals surface area contributed by atoms with Gasteiger partial charge in [0.2, 0.25) is 0 Å². The van der Waals surface area contributed by atoms with Gasteiger partial charge in [-0.15, -0.1) is 0 Å². The zero-order valence-electron chi connectivity index (χ0n) is 17.8. The minimum absolute atomic E-state index is 0.0571. The topological polar surface area (TPSA) is 114 Å². The minimum Gasteiger partial charge on any atom is -0.497 e. The molecule has 0 aliphatic rings. The molecule has 12 heteroatoms. The van der Waals surface area contributed by atoms with Gasteiger partial charge in [0.1, 0.15) is 5.75 Å². The molecule has 0 heterocycles. The van der Waals surface area contributed by atoms with Crippen LogP contribution >= 0.6 is 0 Å². The molecular weight excluding hydrogens is 451 g/mol. The summed E-state index contributed by atoms with van der Waals surface area (Å²) in [6.07, 6.45) is -6.74. The van der Waals surface area contributed by atoms with Crippen LogP contribution in [0.4, 0.5) is 18.9 Å². The molecule has 33 heavy (non-hydrogen) atoms. The summed E-state index contributed by atoms with van der Waals surface area (Å²) in [5.41, 5.74) is -3.00. The first-order valence-corrected chi connectivity index (χ1v) is 9.45. The summed E-state index contributed by atoms with van der Waals surface area (Å²) in [4.78, 5) is 34.7. The number of ether oxygens (including phenoxy) is 4. The molecule has 2 aromatic carbocycles. The number of hydrogen-bond acceptors (Lipinski definition) is 8. The number of carbonyl (C=O) groups is 2. The average Bonchev–Trinajstić information content (AvgIpc) is 2.77. The van der Waals surface area contributed by atoms with Crippen LogP contribution in [0.2, 0.25) is 0 Å². The van der Waals surface area contributed by atoms with Gasteiger partial charge in [0.05, 0.1) is 36.9 Å². The molecule has 0 aliphatic heterocycles. The fourth-order valence-corrected chi connectivity index (χ4v) is 2.86. The zero-order valence-corrected chi connectivity index (χ0v) is 17.8. The second-order valence-corrected chi connectivity index (χ2v) is 6.52. The highest BCUT2D eigenvalue weighted by molar-refractivity contribution is 5.92. The maximum Gasteiger partial charge on any atom is 0.417 e. The lowest BCUT2D eigenvalue weighted by atomic mass is 10.0. The molecule has 0 amide bonds. The van der Waals surface area contributed by atoms with E-state index in [2.05, 4.69) is 4.74 Å². The van der Waals surface area contributed by atoms with E-state index in [-0.39, 0.29) is 13.0 Å². The van der Waals surface area contributed by atoms with Crippen molar-refractivity contribution in [3.05, 3.63) is 63.2 Å². The third-order valence-corrected chi connectivity index (χ3v) is 4.41. The van der Waals surface area contributed by atoms with Crippen LogP contribution in [0.5, 0.6) is 11.5 Å². The molecule has 0 radical (unpaired) electrons. The minimum atomic E-state index is -5.06. The Morgan fingerprint density at radius 2 is 1.76 bits per heavy atom. The highest BCUT2D eigenvalue weighted by atomic mass is 19.4. The number of nitro groups is 1. The normalized spacial score (nSPS) is 11.9. The Kier molecular flexibility index (Phi) is 8.21. The second-order valence-electron chi connectivity index (χ2n) is 6.52. The number of methoxy groups -OCH3 is 2. The first-order chi connectivity index (χ1) is 15.5. The van der Waals surface area contributed by atoms with E-state index in [1.54, 1.807) is 24.3 Å². The lowest BCUT2D eigenvalue weighted by Gasteiger charge is -2.20. The number of benzene rings is 2. The van der Waals surface area contributed by atoms with Crippen LogP contribution < -0.4 is 9.47 Å². The van der Waals surface area contributed by atoms with Crippen molar-refractivity contribution < 1.29 is 46.6 Å². The van der Waals surface area contributed by atoms with Crippen molar-refractivity contribution in [2.24, 2.45) is 0 Å². The zero-order chi connectivity index (χ0) is 24.8. The molecule has 0 saturated carbocycles. The van der Waals surface area contributed by atoms with E-state index in [0.29, 0.717) is 23.4 Å². The lowest BCUT2D eigenvalue weighted by molar-refractivity contribution is -0.386. The Morgan fingerprint density at radius 1 is 1.12 bits per heavy atom. The van der Waals surface area contributed by atoms with Crippen molar-refractivity contribution in [3.63, 3.8) is 0 Å². The third kappa shape index (κ3) is 6.34. The highest BCUT2D eigenvalue weighted by Crippen LogP contribution is 2.40. The van der Waals surface area contributed by atoms with Gasteiger partial charge in [0, 0.05) is 18.6 Å². The van der Waals surface area contributed by atoms with Crippen molar-refractivity contribution in [1.29, 1.82) is 0 Å². The quantitative estimate of drug-likeness (QED) is 0.307. The molecule has 2 rings (SSSR count). The van der Waals surface area contributed by atoms with Crippen molar-refractivity contribution in [3.8, 4) is 11.5 Å². The first-order valence-electron chi connectivity index (χ1n) is 9.45. The van der Waals surface area contributed by atoms with E-state index in [4.69, 9.17) is 14.2 Å². The van der Waals surface area contributed by atoms with Crippen LogP contribution in [0.1, 0.15) is 28.4 Å². The van der Waals surface area contributed by atoms with Gasteiger partial charge in [-0.1, -0.05) is 12.1 Å². The molecule has 1 atom stereocenters. The van der Waals surface area contributed by atoms with Gasteiger partial charge >= 0.3 is 23.8 Å². The number of carbonyl (C=O) groups excluding carboxylic acids is 2. The molecule has 1 unspecified atom stereocenters. The fraction of sp³-hybridized carbons (Fsp3) is 0.333. The van der Waals surface area contributed by atoms with Gasteiger partial charge in [-0.05, 0) is 24.6 Å². The molecule has 0 aromatic heterocycles. The van der Waals surface area contributed by atoms with E-state index >= 15 is 0 Å². The molecule has 0 fully saturated rings. The lowest BCUT2D eigenvalue weighted by Crippen LogP contribution is -2.32. The van der Waals surface area contributed by atoms with Crippen LogP contribution in [-0.4, -0.2) is 43.8 Å². The Hall–Kier alpha value is -3.83. The van der Waals surface area contributed by atoms with Crippen molar-refractivity contribution in [1.82, 2.24) is 0 Å².